The molecule has 158 valence electrons. The quantitative estimate of drug-likeness (QED) is 0.577. The van der Waals surface area contributed by atoms with Crippen molar-refractivity contribution < 1.29 is 14.2 Å². The number of nitrogens with one attached hydrogen (secondary N) is 1. The largest absolute Gasteiger partial charge is 0.493 e. The lowest BCUT2D eigenvalue weighted by atomic mass is 10.2. The van der Waals surface area contributed by atoms with Crippen LogP contribution in [0.3, 0.4) is 0 Å². The molecule has 1 fully saturated rings. The smallest absolute Gasteiger partial charge is 0.214 e. The first-order chi connectivity index (χ1) is 14.7. The summed E-state index contributed by atoms with van der Waals surface area (Å²) in [6, 6.07) is 7.13. The molecule has 3 aromatic rings. The number of methoxy groups -OCH3 is 2. The molecule has 8 nitrogen and oxygen atoms in total. The normalized spacial score (nSPS) is 14.1. The monoisotopic (exact) mass is 429 g/mol. The lowest BCUT2D eigenvalue weighted by molar-refractivity contribution is 0.230. The molecule has 1 N–H and O–H groups in total. The standard InChI is InChI=1S/C21H24ClN5O3/c1-28-17-11-14-16(12-18(17)30-10-9-27-7-3-4-8-27)23-13-24-20(14)26-21-15(22)5-6-19(25-21)29-2/h5-6,11-13H,3-4,7-10H2,1-2H3,(H,23,24,25,26). The van der Waals surface area contributed by atoms with Crippen molar-refractivity contribution in [2.45, 2.75) is 12.8 Å². The zero-order valence-corrected chi connectivity index (χ0v) is 17.8. The maximum atomic E-state index is 6.28. The molecule has 1 aliphatic rings. The summed E-state index contributed by atoms with van der Waals surface area (Å²) in [5.74, 6) is 2.73. The second-order valence-electron chi connectivity index (χ2n) is 6.95. The van der Waals surface area contributed by atoms with Crippen LogP contribution >= 0.6 is 11.6 Å². The Kier molecular flexibility index (Phi) is 6.35. The van der Waals surface area contributed by atoms with Gasteiger partial charge in [0.25, 0.3) is 0 Å². The third kappa shape index (κ3) is 4.49. The van der Waals surface area contributed by atoms with Crippen LogP contribution in [0, 0.1) is 0 Å². The Hall–Kier alpha value is -2.84. The molecular formula is C21H24ClN5O3. The van der Waals surface area contributed by atoms with Gasteiger partial charge in [-0.2, -0.15) is 4.98 Å². The van der Waals surface area contributed by atoms with Crippen LogP contribution in [-0.4, -0.2) is 60.3 Å². The van der Waals surface area contributed by atoms with Gasteiger partial charge in [0, 0.05) is 24.1 Å². The molecule has 0 bridgehead atoms. The molecule has 9 heteroatoms. The van der Waals surface area contributed by atoms with Crippen LogP contribution < -0.4 is 19.5 Å². The molecule has 0 spiro atoms. The van der Waals surface area contributed by atoms with Gasteiger partial charge in [-0.25, -0.2) is 9.97 Å². The summed E-state index contributed by atoms with van der Waals surface area (Å²) in [6.07, 6.45) is 4.01. The molecule has 1 aromatic carbocycles. The summed E-state index contributed by atoms with van der Waals surface area (Å²) >= 11 is 6.28. The fraction of sp³-hybridized carbons (Fsp3) is 0.381. The van der Waals surface area contributed by atoms with Gasteiger partial charge in [-0.3, -0.25) is 4.90 Å². The first kappa shape index (κ1) is 20.4. The Bertz CT molecular complexity index is 1030. The number of nitrogens with zero attached hydrogens (tertiary/aromatic N) is 4. The Labute approximate surface area is 180 Å². The third-order valence-electron chi connectivity index (χ3n) is 5.05. The Morgan fingerprint density at radius 2 is 1.87 bits per heavy atom. The number of hydrogen-bond donors (Lipinski definition) is 1. The first-order valence-electron chi connectivity index (χ1n) is 9.83. The van der Waals surface area contributed by atoms with E-state index in [0.717, 1.165) is 30.5 Å². The van der Waals surface area contributed by atoms with E-state index in [1.807, 2.05) is 12.1 Å². The van der Waals surface area contributed by atoms with E-state index in [1.165, 1.54) is 19.2 Å². The summed E-state index contributed by atoms with van der Waals surface area (Å²) in [5, 5.41) is 4.38. The van der Waals surface area contributed by atoms with Gasteiger partial charge in [0.15, 0.2) is 17.3 Å². The predicted molar refractivity (Wildman–Crippen MR) is 116 cm³/mol. The average molecular weight is 430 g/mol. The topological polar surface area (TPSA) is 81.6 Å². The van der Waals surface area contributed by atoms with Crippen LogP contribution in [0.5, 0.6) is 17.4 Å². The highest BCUT2D eigenvalue weighted by Crippen LogP contribution is 2.35. The molecule has 0 saturated carbocycles. The molecule has 1 saturated heterocycles. The molecule has 4 rings (SSSR count). The number of ether oxygens (including phenoxy) is 3. The van der Waals surface area contributed by atoms with Crippen LogP contribution in [0.25, 0.3) is 10.9 Å². The van der Waals surface area contributed by atoms with Crippen LogP contribution in [-0.2, 0) is 0 Å². The third-order valence-corrected chi connectivity index (χ3v) is 5.36. The maximum Gasteiger partial charge on any atom is 0.214 e. The minimum absolute atomic E-state index is 0.445. The zero-order chi connectivity index (χ0) is 20.9. The van der Waals surface area contributed by atoms with Gasteiger partial charge in [0.05, 0.1) is 24.8 Å². The van der Waals surface area contributed by atoms with Crippen molar-refractivity contribution >= 4 is 34.1 Å². The second-order valence-corrected chi connectivity index (χ2v) is 7.36. The Morgan fingerprint density at radius 3 is 2.63 bits per heavy atom. The van der Waals surface area contributed by atoms with Crippen LogP contribution in [0.4, 0.5) is 11.6 Å². The zero-order valence-electron chi connectivity index (χ0n) is 17.0. The van der Waals surface area contributed by atoms with E-state index >= 15 is 0 Å². The molecule has 3 heterocycles. The lowest BCUT2D eigenvalue weighted by Crippen LogP contribution is -2.25. The minimum atomic E-state index is 0.445. The van der Waals surface area contributed by atoms with Gasteiger partial charge < -0.3 is 19.5 Å². The van der Waals surface area contributed by atoms with Gasteiger partial charge in [-0.1, -0.05) is 11.6 Å². The molecule has 0 aliphatic carbocycles. The number of rotatable bonds is 8. The second kappa shape index (κ2) is 9.32. The van der Waals surface area contributed by atoms with Gasteiger partial charge in [-0.05, 0) is 38.1 Å². The fourth-order valence-electron chi connectivity index (χ4n) is 3.46. The molecule has 0 unspecified atom stereocenters. The number of likely N-dealkylation sites (tertiary alicyclic amines) is 1. The summed E-state index contributed by atoms with van der Waals surface area (Å²) < 4.78 is 16.7. The molecule has 0 atom stereocenters. The van der Waals surface area contributed by atoms with Crippen molar-refractivity contribution in [2.24, 2.45) is 0 Å². The van der Waals surface area contributed by atoms with Gasteiger partial charge in [-0.15, -0.1) is 0 Å². The van der Waals surface area contributed by atoms with Crippen molar-refractivity contribution in [2.75, 3.05) is 45.8 Å². The highest BCUT2D eigenvalue weighted by atomic mass is 35.5. The Morgan fingerprint density at radius 1 is 1.03 bits per heavy atom. The molecule has 30 heavy (non-hydrogen) atoms. The average Bonchev–Trinajstić information content (AvgIpc) is 3.28. The molecular weight excluding hydrogens is 406 g/mol. The molecule has 0 radical (unpaired) electrons. The van der Waals surface area contributed by atoms with Crippen molar-refractivity contribution in [1.29, 1.82) is 0 Å². The first-order valence-corrected chi connectivity index (χ1v) is 10.2. The van der Waals surface area contributed by atoms with E-state index in [1.54, 1.807) is 26.4 Å². The van der Waals surface area contributed by atoms with E-state index in [9.17, 15) is 0 Å². The predicted octanol–water partition coefficient (Wildman–Crippen LogP) is 3.91. The summed E-state index contributed by atoms with van der Waals surface area (Å²) in [6.45, 7) is 3.78. The highest BCUT2D eigenvalue weighted by Gasteiger charge is 2.15. The van der Waals surface area contributed by atoms with E-state index in [-0.39, 0.29) is 0 Å². The minimum Gasteiger partial charge on any atom is -0.493 e. The summed E-state index contributed by atoms with van der Waals surface area (Å²) in [7, 11) is 3.17. The van der Waals surface area contributed by atoms with Crippen LogP contribution in [0.15, 0.2) is 30.6 Å². The summed E-state index contributed by atoms with van der Waals surface area (Å²) in [4.78, 5) is 15.5. The number of fused-ring (bicyclic) bond motifs is 1. The highest BCUT2D eigenvalue weighted by molar-refractivity contribution is 6.33. The van der Waals surface area contributed by atoms with Gasteiger partial charge in [0.2, 0.25) is 5.88 Å². The lowest BCUT2D eigenvalue weighted by Gasteiger charge is -2.17. The number of hydrogen-bond acceptors (Lipinski definition) is 8. The van der Waals surface area contributed by atoms with E-state index < -0.39 is 0 Å². The fourth-order valence-corrected chi connectivity index (χ4v) is 3.62. The van der Waals surface area contributed by atoms with Crippen molar-refractivity contribution in [1.82, 2.24) is 19.9 Å². The number of benzene rings is 1. The number of aromatic nitrogens is 3. The Balaban J connectivity index is 1.59. The van der Waals surface area contributed by atoms with Crippen LogP contribution in [0.2, 0.25) is 5.02 Å². The summed E-state index contributed by atoms with van der Waals surface area (Å²) in [5.41, 5.74) is 0.725. The molecule has 0 amide bonds. The van der Waals surface area contributed by atoms with E-state index in [0.29, 0.717) is 40.6 Å². The molecule has 1 aliphatic heterocycles. The van der Waals surface area contributed by atoms with Crippen molar-refractivity contribution in [3.63, 3.8) is 0 Å². The maximum absolute atomic E-state index is 6.28. The number of halogens is 1. The molecule has 2 aromatic heterocycles. The van der Waals surface area contributed by atoms with Crippen LogP contribution in [0.1, 0.15) is 12.8 Å². The number of pyridine rings is 1. The SMILES string of the molecule is COc1ccc(Cl)c(Nc2ncnc3cc(OCCN4CCCC4)c(OC)cc23)n1. The van der Waals surface area contributed by atoms with Gasteiger partial charge >= 0.3 is 0 Å². The van der Waals surface area contributed by atoms with E-state index in [2.05, 4.69) is 25.2 Å². The van der Waals surface area contributed by atoms with Gasteiger partial charge in [0.1, 0.15) is 18.8 Å². The number of anilines is 2. The van der Waals surface area contributed by atoms with Crippen molar-refractivity contribution in [3.05, 3.63) is 35.6 Å². The van der Waals surface area contributed by atoms with Crippen molar-refractivity contribution in [3.8, 4) is 17.4 Å². The van der Waals surface area contributed by atoms with E-state index in [4.69, 9.17) is 25.8 Å².